The van der Waals surface area contributed by atoms with Crippen molar-refractivity contribution < 1.29 is 9.16 Å². The zero-order chi connectivity index (χ0) is 15.2. The second kappa shape index (κ2) is 6.80. The number of benzene rings is 1. The number of rotatable bonds is 5. The maximum Gasteiger partial charge on any atom is 0.249 e. The van der Waals surface area contributed by atoms with Gasteiger partial charge in [0.25, 0.3) is 0 Å². The molecule has 0 radical (unpaired) electrons. The van der Waals surface area contributed by atoms with Gasteiger partial charge in [0.1, 0.15) is 5.76 Å². The molecule has 0 atom stereocenters. The Labute approximate surface area is 124 Å². The van der Waals surface area contributed by atoms with Crippen LogP contribution in [0.2, 0.25) is 18.1 Å². The van der Waals surface area contributed by atoms with Gasteiger partial charge in [-0.15, -0.1) is 0 Å². The van der Waals surface area contributed by atoms with E-state index >= 15 is 0 Å². The molecule has 0 bridgehead atoms. The average molecular weight is 290 g/mol. The SMILES string of the molecule is CO/C(=C\C=C/O[Si](C)(C)C(C)(C)C)c1ccccc1. The Kier molecular flexibility index (Phi) is 5.63. The van der Waals surface area contributed by atoms with Crippen molar-refractivity contribution in [3.63, 3.8) is 0 Å². The van der Waals surface area contributed by atoms with E-state index in [4.69, 9.17) is 9.16 Å². The summed E-state index contributed by atoms with van der Waals surface area (Å²) in [5, 5.41) is 0.213. The molecule has 0 saturated heterocycles. The third kappa shape index (κ3) is 4.56. The van der Waals surface area contributed by atoms with E-state index in [9.17, 15) is 0 Å². The van der Waals surface area contributed by atoms with Gasteiger partial charge in [-0.2, -0.15) is 0 Å². The smallest absolute Gasteiger partial charge is 0.249 e. The summed E-state index contributed by atoms with van der Waals surface area (Å²) in [5.41, 5.74) is 1.06. The monoisotopic (exact) mass is 290 g/mol. The highest BCUT2D eigenvalue weighted by Crippen LogP contribution is 2.36. The average Bonchev–Trinajstić information content (AvgIpc) is 2.38. The number of ether oxygens (including phenoxy) is 1. The van der Waals surface area contributed by atoms with Gasteiger partial charge in [-0.3, -0.25) is 0 Å². The summed E-state index contributed by atoms with van der Waals surface area (Å²) in [6, 6.07) is 10.0. The van der Waals surface area contributed by atoms with E-state index in [1.807, 2.05) is 42.5 Å². The molecule has 1 aromatic carbocycles. The first-order valence-electron chi connectivity index (χ1n) is 6.92. The van der Waals surface area contributed by atoms with Crippen molar-refractivity contribution in [3.8, 4) is 0 Å². The Morgan fingerprint density at radius 1 is 1.10 bits per heavy atom. The van der Waals surface area contributed by atoms with Crippen molar-refractivity contribution in [1.29, 1.82) is 0 Å². The molecule has 0 aliphatic carbocycles. The summed E-state index contributed by atoms with van der Waals surface area (Å²) in [6.07, 6.45) is 5.63. The molecule has 0 aromatic heterocycles. The highest BCUT2D eigenvalue weighted by Gasteiger charge is 2.37. The highest BCUT2D eigenvalue weighted by molar-refractivity contribution is 6.74. The fraction of sp³-hybridized carbons (Fsp3) is 0.412. The zero-order valence-corrected chi connectivity index (χ0v) is 14.4. The molecule has 0 saturated carbocycles. The number of hydrogen-bond donors (Lipinski definition) is 0. The Hall–Kier alpha value is -1.48. The minimum absolute atomic E-state index is 0.213. The highest BCUT2D eigenvalue weighted by atomic mass is 28.4. The minimum Gasteiger partial charge on any atom is -0.549 e. The number of allylic oxidation sites excluding steroid dienone is 2. The molecule has 0 aliphatic heterocycles. The van der Waals surface area contributed by atoms with E-state index in [1.54, 1.807) is 13.4 Å². The molecule has 2 nitrogen and oxygen atoms in total. The normalized spacial score (nSPS) is 13.6. The first-order chi connectivity index (χ1) is 9.28. The molecular formula is C17H26O2Si. The molecule has 0 N–H and O–H groups in total. The molecule has 1 rings (SSSR count). The Bertz CT molecular complexity index is 468. The Balaban J connectivity index is 2.73. The van der Waals surface area contributed by atoms with E-state index in [-0.39, 0.29) is 5.04 Å². The van der Waals surface area contributed by atoms with Gasteiger partial charge in [0.05, 0.1) is 13.4 Å². The van der Waals surface area contributed by atoms with E-state index < -0.39 is 8.32 Å². The summed E-state index contributed by atoms with van der Waals surface area (Å²) in [4.78, 5) is 0. The molecule has 0 heterocycles. The first-order valence-corrected chi connectivity index (χ1v) is 9.83. The molecule has 110 valence electrons. The standard InChI is InChI=1S/C17H26O2Si/c1-17(2,3)20(5,6)19-14-10-13-16(18-4)15-11-8-7-9-12-15/h7-14H,1-6H3/b14-10-,16-13-. The van der Waals surface area contributed by atoms with Crippen molar-refractivity contribution in [1.82, 2.24) is 0 Å². The maximum absolute atomic E-state index is 5.98. The summed E-state index contributed by atoms with van der Waals surface area (Å²) >= 11 is 0. The number of hydrogen-bond acceptors (Lipinski definition) is 2. The van der Waals surface area contributed by atoms with Crippen molar-refractivity contribution >= 4 is 14.1 Å². The van der Waals surface area contributed by atoms with Gasteiger partial charge in [-0.1, -0.05) is 51.1 Å². The van der Waals surface area contributed by atoms with Crippen molar-refractivity contribution in [3.05, 3.63) is 54.3 Å². The second-order valence-corrected chi connectivity index (χ2v) is 11.1. The molecule has 0 fully saturated rings. The van der Waals surface area contributed by atoms with Gasteiger partial charge in [0.15, 0.2) is 0 Å². The molecule has 3 heteroatoms. The van der Waals surface area contributed by atoms with Crippen LogP contribution in [-0.2, 0) is 9.16 Å². The van der Waals surface area contributed by atoms with Crippen molar-refractivity contribution in [2.45, 2.75) is 38.9 Å². The summed E-state index contributed by atoms with van der Waals surface area (Å²) in [7, 11) is -0.0414. The van der Waals surface area contributed by atoms with Crippen LogP contribution in [0.3, 0.4) is 0 Å². The first kappa shape index (κ1) is 16.6. The zero-order valence-electron chi connectivity index (χ0n) is 13.4. The van der Waals surface area contributed by atoms with Crippen LogP contribution in [-0.4, -0.2) is 15.4 Å². The van der Waals surface area contributed by atoms with Gasteiger partial charge in [0, 0.05) is 5.56 Å². The number of methoxy groups -OCH3 is 1. The minimum atomic E-state index is -1.72. The van der Waals surface area contributed by atoms with Crippen LogP contribution < -0.4 is 0 Å². The molecule has 0 unspecified atom stereocenters. The lowest BCUT2D eigenvalue weighted by Crippen LogP contribution is -2.39. The maximum atomic E-state index is 5.98. The van der Waals surface area contributed by atoms with Crippen LogP contribution in [0.5, 0.6) is 0 Å². The van der Waals surface area contributed by atoms with Crippen LogP contribution in [0.15, 0.2) is 48.7 Å². The molecule has 0 spiro atoms. The Morgan fingerprint density at radius 2 is 1.70 bits per heavy atom. The van der Waals surface area contributed by atoms with E-state index in [1.165, 1.54) is 0 Å². The van der Waals surface area contributed by atoms with Gasteiger partial charge in [-0.25, -0.2) is 0 Å². The van der Waals surface area contributed by atoms with Gasteiger partial charge in [-0.05, 0) is 30.3 Å². The van der Waals surface area contributed by atoms with E-state index in [2.05, 4.69) is 33.9 Å². The summed E-state index contributed by atoms with van der Waals surface area (Å²) < 4.78 is 11.4. The lowest BCUT2D eigenvalue weighted by atomic mass is 10.2. The fourth-order valence-corrected chi connectivity index (χ4v) is 2.17. The lowest BCUT2D eigenvalue weighted by Gasteiger charge is -2.34. The topological polar surface area (TPSA) is 18.5 Å². The van der Waals surface area contributed by atoms with E-state index in [0.717, 1.165) is 11.3 Å². The molecular weight excluding hydrogens is 264 g/mol. The van der Waals surface area contributed by atoms with Crippen LogP contribution in [0.4, 0.5) is 0 Å². The second-order valence-electron chi connectivity index (χ2n) is 6.31. The van der Waals surface area contributed by atoms with Crippen LogP contribution in [0, 0.1) is 0 Å². The summed E-state index contributed by atoms with van der Waals surface area (Å²) in [6.45, 7) is 11.2. The fourth-order valence-electron chi connectivity index (χ4n) is 1.40. The lowest BCUT2D eigenvalue weighted by molar-refractivity contribution is 0.370. The molecule has 1 aromatic rings. The largest absolute Gasteiger partial charge is 0.549 e. The van der Waals surface area contributed by atoms with Crippen molar-refractivity contribution in [2.24, 2.45) is 0 Å². The predicted octanol–water partition coefficient (Wildman–Crippen LogP) is 5.21. The molecule has 20 heavy (non-hydrogen) atoms. The van der Waals surface area contributed by atoms with Gasteiger partial charge >= 0.3 is 0 Å². The van der Waals surface area contributed by atoms with Crippen molar-refractivity contribution in [2.75, 3.05) is 7.11 Å². The van der Waals surface area contributed by atoms with Crippen LogP contribution in [0.1, 0.15) is 26.3 Å². The van der Waals surface area contributed by atoms with Crippen LogP contribution in [0.25, 0.3) is 5.76 Å². The van der Waals surface area contributed by atoms with Gasteiger partial charge < -0.3 is 9.16 Å². The van der Waals surface area contributed by atoms with Crippen LogP contribution >= 0.6 is 0 Å². The molecule has 0 amide bonds. The third-order valence-electron chi connectivity index (χ3n) is 3.77. The molecule has 0 aliphatic rings. The predicted molar refractivity (Wildman–Crippen MR) is 88.9 cm³/mol. The quantitative estimate of drug-likeness (QED) is 0.421. The van der Waals surface area contributed by atoms with E-state index in [0.29, 0.717) is 0 Å². The Morgan fingerprint density at radius 3 is 2.20 bits per heavy atom. The summed E-state index contributed by atoms with van der Waals surface area (Å²) in [5.74, 6) is 0.834. The third-order valence-corrected chi connectivity index (χ3v) is 8.11. The van der Waals surface area contributed by atoms with Gasteiger partial charge in [0.2, 0.25) is 8.32 Å².